The Kier molecular flexibility index (Phi) is 30.7. The summed E-state index contributed by atoms with van der Waals surface area (Å²) in [5.74, 6) is 0. The summed E-state index contributed by atoms with van der Waals surface area (Å²) in [5, 5.41) is 0. The first-order chi connectivity index (χ1) is 21.3. The van der Waals surface area contributed by atoms with Gasteiger partial charge in [0, 0.05) is 25.5 Å². The Balaban J connectivity index is 2.18. The summed E-state index contributed by atoms with van der Waals surface area (Å²) in [5.41, 5.74) is 0. The Morgan fingerprint density at radius 3 is 0.814 bits per heavy atom. The van der Waals surface area contributed by atoms with Gasteiger partial charge < -0.3 is 9.80 Å². The standard InChI is InChI=1S/C41H82N2/c1-4-7-10-13-16-18-20-21-22-23-24-25-27-30-33-36-41-42(37-34-31-28-15-12-9-6-3)39-40-43(41)38-35-32-29-26-19-17-14-11-8-5-2/h39-41H,4-38H2,1-3H3. The molecule has 256 valence electrons. The second-order valence-electron chi connectivity index (χ2n) is 14.3. The Morgan fingerprint density at radius 1 is 0.302 bits per heavy atom. The van der Waals surface area contributed by atoms with E-state index in [2.05, 4.69) is 43.0 Å². The summed E-state index contributed by atoms with van der Waals surface area (Å²) < 4.78 is 0. The maximum atomic E-state index is 2.72. The highest BCUT2D eigenvalue weighted by Gasteiger charge is 2.24. The van der Waals surface area contributed by atoms with Crippen molar-refractivity contribution in [1.82, 2.24) is 9.80 Å². The van der Waals surface area contributed by atoms with Crippen LogP contribution >= 0.6 is 0 Å². The smallest absolute Gasteiger partial charge is 0.101 e. The van der Waals surface area contributed by atoms with Crippen LogP contribution in [-0.2, 0) is 0 Å². The molecule has 0 radical (unpaired) electrons. The summed E-state index contributed by atoms with van der Waals surface area (Å²) in [6.07, 6.45) is 52.9. The molecule has 0 N–H and O–H groups in total. The molecule has 0 aromatic rings. The van der Waals surface area contributed by atoms with Crippen molar-refractivity contribution < 1.29 is 0 Å². The average Bonchev–Trinajstić information content (AvgIpc) is 3.40. The predicted octanol–water partition coefficient (Wildman–Crippen LogP) is 14.3. The van der Waals surface area contributed by atoms with Gasteiger partial charge in [0.2, 0.25) is 0 Å². The molecule has 1 aliphatic heterocycles. The zero-order valence-corrected chi connectivity index (χ0v) is 30.4. The van der Waals surface area contributed by atoms with E-state index in [9.17, 15) is 0 Å². The summed E-state index contributed by atoms with van der Waals surface area (Å²) in [6.45, 7) is 9.48. The van der Waals surface area contributed by atoms with E-state index in [0.29, 0.717) is 6.17 Å². The molecule has 1 aliphatic rings. The van der Waals surface area contributed by atoms with Gasteiger partial charge in [0.25, 0.3) is 0 Å². The summed E-state index contributed by atoms with van der Waals surface area (Å²) in [7, 11) is 0. The van der Waals surface area contributed by atoms with Crippen LogP contribution < -0.4 is 0 Å². The van der Waals surface area contributed by atoms with E-state index in [0.717, 1.165) is 0 Å². The van der Waals surface area contributed by atoms with Crippen molar-refractivity contribution >= 4 is 0 Å². The highest BCUT2D eigenvalue weighted by molar-refractivity contribution is 4.97. The van der Waals surface area contributed by atoms with Crippen LogP contribution in [0.15, 0.2) is 12.4 Å². The molecule has 0 amide bonds. The molecule has 1 unspecified atom stereocenters. The second-order valence-corrected chi connectivity index (χ2v) is 14.3. The molecule has 2 nitrogen and oxygen atoms in total. The molecule has 2 heteroatoms. The van der Waals surface area contributed by atoms with Gasteiger partial charge in [-0.25, -0.2) is 0 Å². The number of rotatable bonds is 35. The fraction of sp³-hybridized carbons (Fsp3) is 0.951. The molecular weight excluding hydrogens is 520 g/mol. The predicted molar refractivity (Wildman–Crippen MR) is 196 cm³/mol. The third kappa shape index (κ3) is 25.2. The SMILES string of the molecule is CCCCCCCCCCCCCCCCCC1N(CCCCCCCCC)C=CN1CCCCCCCCCCCC. The minimum Gasteiger partial charge on any atom is -0.356 e. The number of hydrogen-bond acceptors (Lipinski definition) is 2. The van der Waals surface area contributed by atoms with Crippen LogP contribution in [0.2, 0.25) is 0 Å². The number of nitrogens with zero attached hydrogens (tertiary/aromatic N) is 2. The lowest BCUT2D eigenvalue weighted by atomic mass is 10.0. The molecule has 0 fully saturated rings. The number of unbranched alkanes of at least 4 members (excludes halogenated alkanes) is 29. The largest absolute Gasteiger partial charge is 0.356 e. The first kappa shape index (κ1) is 40.4. The minimum absolute atomic E-state index is 0.639. The van der Waals surface area contributed by atoms with E-state index < -0.39 is 0 Å². The molecule has 0 aromatic carbocycles. The third-order valence-corrected chi connectivity index (χ3v) is 10.1. The highest BCUT2D eigenvalue weighted by Crippen LogP contribution is 2.24. The molecule has 0 aliphatic carbocycles. The Labute approximate surface area is 273 Å². The zero-order chi connectivity index (χ0) is 30.9. The molecule has 1 heterocycles. The van der Waals surface area contributed by atoms with Crippen LogP contribution in [0, 0.1) is 0 Å². The second kappa shape index (κ2) is 32.7. The zero-order valence-electron chi connectivity index (χ0n) is 30.4. The molecular formula is C41H82N2. The van der Waals surface area contributed by atoms with Crippen LogP contribution in [-0.4, -0.2) is 29.1 Å². The summed E-state index contributed by atoms with van der Waals surface area (Å²) in [4.78, 5) is 5.43. The van der Waals surface area contributed by atoms with E-state index in [4.69, 9.17) is 0 Å². The van der Waals surface area contributed by atoms with Gasteiger partial charge in [0.1, 0.15) is 6.17 Å². The first-order valence-corrected chi connectivity index (χ1v) is 20.5. The first-order valence-electron chi connectivity index (χ1n) is 20.5. The van der Waals surface area contributed by atoms with Gasteiger partial charge >= 0.3 is 0 Å². The van der Waals surface area contributed by atoms with Crippen molar-refractivity contribution in [2.75, 3.05) is 13.1 Å². The fourth-order valence-corrected chi connectivity index (χ4v) is 7.07. The van der Waals surface area contributed by atoms with Crippen LogP contribution in [0.1, 0.15) is 233 Å². The molecule has 0 spiro atoms. The Bertz CT molecular complexity index is 558. The molecule has 1 atom stereocenters. The lowest BCUT2D eigenvalue weighted by Crippen LogP contribution is -2.39. The van der Waals surface area contributed by atoms with Crippen molar-refractivity contribution in [1.29, 1.82) is 0 Å². The van der Waals surface area contributed by atoms with E-state index >= 15 is 0 Å². The van der Waals surface area contributed by atoms with Crippen molar-refractivity contribution in [3.05, 3.63) is 12.4 Å². The molecule has 0 bridgehead atoms. The summed E-state index contributed by atoms with van der Waals surface area (Å²) >= 11 is 0. The lowest BCUT2D eigenvalue weighted by molar-refractivity contribution is 0.135. The average molecular weight is 603 g/mol. The molecule has 0 aromatic heterocycles. The maximum absolute atomic E-state index is 2.72. The highest BCUT2D eigenvalue weighted by atomic mass is 15.4. The molecule has 43 heavy (non-hydrogen) atoms. The summed E-state index contributed by atoms with van der Waals surface area (Å²) in [6, 6.07) is 0. The monoisotopic (exact) mass is 603 g/mol. The van der Waals surface area contributed by atoms with Gasteiger partial charge in [0.15, 0.2) is 0 Å². The van der Waals surface area contributed by atoms with E-state index in [1.54, 1.807) is 0 Å². The van der Waals surface area contributed by atoms with Gasteiger partial charge in [-0.15, -0.1) is 0 Å². The third-order valence-electron chi connectivity index (χ3n) is 10.1. The van der Waals surface area contributed by atoms with Gasteiger partial charge in [0.05, 0.1) is 0 Å². The van der Waals surface area contributed by atoms with Crippen LogP contribution in [0.25, 0.3) is 0 Å². The van der Waals surface area contributed by atoms with E-state index in [1.165, 1.54) is 225 Å². The van der Waals surface area contributed by atoms with Crippen LogP contribution in [0.5, 0.6) is 0 Å². The quantitative estimate of drug-likeness (QED) is 0.0666. The Hall–Kier alpha value is -0.660. The Morgan fingerprint density at radius 2 is 0.535 bits per heavy atom. The molecule has 0 saturated carbocycles. The van der Waals surface area contributed by atoms with Crippen LogP contribution in [0.4, 0.5) is 0 Å². The van der Waals surface area contributed by atoms with E-state index in [1.807, 2.05) is 0 Å². The van der Waals surface area contributed by atoms with Crippen molar-refractivity contribution in [2.24, 2.45) is 0 Å². The topological polar surface area (TPSA) is 6.48 Å². The van der Waals surface area contributed by atoms with Gasteiger partial charge in [-0.1, -0.05) is 207 Å². The minimum atomic E-state index is 0.639. The van der Waals surface area contributed by atoms with Crippen molar-refractivity contribution in [3.63, 3.8) is 0 Å². The van der Waals surface area contributed by atoms with Crippen LogP contribution in [0.3, 0.4) is 0 Å². The lowest BCUT2D eigenvalue weighted by Gasteiger charge is -2.33. The van der Waals surface area contributed by atoms with Crippen molar-refractivity contribution in [3.8, 4) is 0 Å². The van der Waals surface area contributed by atoms with E-state index in [-0.39, 0.29) is 0 Å². The van der Waals surface area contributed by atoms with Gasteiger partial charge in [-0.2, -0.15) is 0 Å². The number of hydrogen-bond donors (Lipinski definition) is 0. The normalized spacial score (nSPS) is 14.9. The fourth-order valence-electron chi connectivity index (χ4n) is 7.07. The maximum Gasteiger partial charge on any atom is 0.101 e. The van der Waals surface area contributed by atoms with Crippen molar-refractivity contribution in [2.45, 2.75) is 239 Å². The molecule has 1 rings (SSSR count). The van der Waals surface area contributed by atoms with Gasteiger partial charge in [-0.3, -0.25) is 0 Å². The molecule has 0 saturated heterocycles. The van der Waals surface area contributed by atoms with Gasteiger partial charge in [-0.05, 0) is 25.7 Å².